The fourth-order valence-electron chi connectivity index (χ4n) is 3.75. The van der Waals surface area contributed by atoms with Gasteiger partial charge in [-0.1, -0.05) is 30.3 Å². The van der Waals surface area contributed by atoms with Gasteiger partial charge < -0.3 is 10.2 Å². The Bertz CT molecular complexity index is 828. The molecule has 1 N–H and O–H groups in total. The predicted molar refractivity (Wildman–Crippen MR) is 94.2 cm³/mol. The minimum absolute atomic E-state index is 0.0637. The van der Waals surface area contributed by atoms with Crippen LogP contribution in [-0.4, -0.2) is 17.9 Å². The second-order valence-corrected chi connectivity index (χ2v) is 6.66. The summed E-state index contributed by atoms with van der Waals surface area (Å²) in [5.74, 6) is 0.195. The molecule has 0 aliphatic carbocycles. The van der Waals surface area contributed by atoms with Crippen LogP contribution in [0.1, 0.15) is 30.0 Å². The fraction of sp³-hybridized carbons (Fsp3) is 0.300. The highest BCUT2D eigenvalue weighted by Crippen LogP contribution is 2.32. The summed E-state index contributed by atoms with van der Waals surface area (Å²) in [6.07, 6.45) is 2.56. The van der Waals surface area contributed by atoms with Crippen LogP contribution in [0.3, 0.4) is 0 Å². The molecule has 0 bridgehead atoms. The number of hydrogen-bond donors (Lipinski definition) is 1. The molecule has 2 aromatic rings. The lowest BCUT2D eigenvalue weighted by Crippen LogP contribution is -2.36. The fourth-order valence-corrected chi connectivity index (χ4v) is 3.75. The van der Waals surface area contributed by atoms with Crippen molar-refractivity contribution in [3.8, 4) is 0 Å². The van der Waals surface area contributed by atoms with E-state index in [1.807, 2.05) is 35.2 Å². The number of nitrogens with one attached hydrogen (secondary N) is 1. The Morgan fingerprint density at radius 1 is 1.17 bits per heavy atom. The standard InChI is InChI=1S/C20H20N2O2/c1-13-10-16-4-2-3-5-18(16)22(13)20(24)12-14-6-8-17-15(11-14)7-9-19(23)21-17/h2-6,8,11,13H,7,9-10,12H2,1H3,(H,21,23). The zero-order valence-electron chi connectivity index (χ0n) is 13.7. The van der Waals surface area contributed by atoms with Crippen LogP contribution in [0.4, 0.5) is 11.4 Å². The van der Waals surface area contributed by atoms with Crippen molar-refractivity contribution in [2.45, 2.75) is 38.6 Å². The van der Waals surface area contributed by atoms with E-state index in [0.717, 1.165) is 35.3 Å². The van der Waals surface area contributed by atoms with E-state index in [2.05, 4.69) is 24.4 Å². The molecule has 0 spiro atoms. The first-order valence-electron chi connectivity index (χ1n) is 8.43. The van der Waals surface area contributed by atoms with Crippen LogP contribution in [0.5, 0.6) is 0 Å². The zero-order chi connectivity index (χ0) is 16.7. The third-order valence-electron chi connectivity index (χ3n) is 4.90. The molecule has 122 valence electrons. The van der Waals surface area contributed by atoms with Crippen molar-refractivity contribution in [2.75, 3.05) is 10.2 Å². The molecule has 4 rings (SSSR count). The average molecular weight is 320 g/mol. The molecule has 0 aromatic heterocycles. The van der Waals surface area contributed by atoms with Gasteiger partial charge >= 0.3 is 0 Å². The van der Waals surface area contributed by atoms with Gasteiger partial charge in [0.2, 0.25) is 11.8 Å². The SMILES string of the molecule is CC1Cc2ccccc2N1C(=O)Cc1ccc2c(c1)CCC(=O)N2. The van der Waals surface area contributed by atoms with Crippen molar-refractivity contribution < 1.29 is 9.59 Å². The van der Waals surface area contributed by atoms with E-state index in [9.17, 15) is 9.59 Å². The van der Waals surface area contributed by atoms with E-state index in [0.29, 0.717) is 12.8 Å². The van der Waals surface area contributed by atoms with Crippen LogP contribution in [0.2, 0.25) is 0 Å². The molecule has 1 atom stereocenters. The van der Waals surface area contributed by atoms with E-state index < -0.39 is 0 Å². The number of para-hydroxylation sites is 1. The van der Waals surface area contributed by atoms with E-state index in [1.54, 1.807) is 0 Å². The molecule has 4 heteroatoms. The Balaban J connectivity index is 1.56. The largest absolute Gasteiger partial charge is 0.326 e. The number of fused-ring (bicyclic) bond motifs is 2. The van der Waals surface area contributed by atoms with Gasteiger partial charge in [0.25, 0.3) is 0 Å². The Labute approximate surface area is 141 Å². The molecule has 0 fully saturated rings. The highest BCUT2D eigenvalue weighted by molar-refractivity contribution is 5.98. The summed E-state index contributed by atoms with van der Waals surface area (Å²) in [5, 5.41) is 2.88. The molecule has 2 heterocycles. The normalized spacial score (nSPS) is 18.8. The van der Waals surface area contributed by atoms with Crippen LogP contribution < -0.4 is 10.2 Å². The minimum Gasteiger partial charge on any atom is -0.326 e. The molecule has 2 aromatic carbocycles. The smallest absolute Gasteiger partial charge is 0.231 e. The van der Waals surface area contributed by atoms with Crippen molar-refractivity contribution in [1.29, 1.82) is 0 Å². The summed E-state index contributed by atoms with van der Waals surface area (Å²) >= 11 is 0. The second-order valence-electron chi connectivity index (χ2n) is 6.66. The Morgan fingerprint density at radius 2 is 2.00 bits per heavy atom. The molecule has 0 radical (unpaired) electrons. The number of amides is 2. The molecular weight excluding hydrogens is 300 g/mol. The first kappa shape index (κ1) is 14.9. The molecule has 24 heavy (non-hydrogen) atoms. The van der Waals surface area contributed by atoms with Gasteiger partial charge in [-0.15, -0.1) is 0 Å². The van der Waals surface area contributed by atoms with Gasteiger partial charge in [0.1, 0.15) is 0 Å². The van der Waals surface area contributed by atoms with Crippen LogP contribution in [-0.2, 0) is 28.9 Å². The van der Waals surface area contributed by atoms with Crippen molar-refractivity contribution in [3.05, 3.63) is 59.2 Å². The molecule has 2 amide bonds. The first-order valence-corrected chi connectivity index (χ1v) is 8.43. The topological polar surface area (TPSA) is 49.4 Å². The number of carbonyl (C=O) groups is 2. The summed E-state index contributed by atoms with van der Waals surface area (Å²) in [6.45, 7) is 2.10. The van der Waals surface area contributed by atoms with Crippen molar-refractivity contribution >= 4 is 23.2 Å². The van der Waals surface area contributed by atoms with Gasteiger partial charge in [-0.3, -0.25) is 9.59 Å². The molecular formula is C20H20N2O2. The second kappa shape index (κ2) is 5.78. The zero-order valence-corrected chi connectivity index (χ0v) is 13.7. The number of rotatable bonds is 2. The van der Waals surface area contributed by atoms with Gasteiger partial charge in [-0.25, -0.2) is 0 Å². The summed E-state index contributed by atoms with van der Waals surface area (Å²) in [6, 6.07) is 14.2. The number of hydrogen-bond acceptors (Lipinski definition) is 2. The Kier molecular flexibility index (Phi) is 3.60. The lowest BCUT2D eigenvalue weighted by Gasteiger charge is -2.23. The summed E-state index contributed by atoms with van der Waals surface area (Å²) < 4.78 is 0. The Morgan fingerprint density at radius 3 is 2.88 bits per heavy atom. The molecule has 1 unspecified atom stereocenters. The number of carbonyl (C=O) groups excluding carboxylic acids is 2. The lowest BCUT2D eigenvalue weighted by molar-refractivity contribution is -0.118. The van der Waals surface area contributed by atoms with Crippen LogP contribution in [0, 0.1) is 0 Å². The minimum atomic E-state index is 0.0637. The summed E-state index contributed by atoms with van der Waals surface area (Å²) in [7, 11) is 0. The van der Waals surface area contributed by atoms with E-state index in [1.165, 1.54) is 5.56 Å². The van der Waals surface area contributed by atoms with Crippen LogP contribution in [0.25, 0.3) is 0 Å². The number of nitrogens with zero attached hydrogens (tertiary/aromatic N) is 1. The molecule has 4 nitrogen and oxygen atoms in total. The highest BCUT2D eigenvalue weighted by Gasteiger charge is 2.30. The summed E-state index contributed by atoms with van der Waals surface area (Å²) in [4.78, 5) is 26.2. The van der Waals surface area contributed by atoms with Gasteiger partial charge in [-0.05, 0) is 48.6 Å². The van der Waals surface area contributed by atoms with Crippen molar-refractivity contribution in [1.82, 2.24) is 0 Å². The lowest BCUT2D eigenvalue weighted by atomic mass is 9.99. The molecule has 0 saturated heterocycles. The van der Waals surface area contributed by atoms with Gasteiger partial charge in [0, 0.05) is 23.8 Å². The van der Waals surface area contributed by atoms with Crippen LogP contribution in [0.15, 0.2) is 42.5 Å². The highest BCUT2D eigenvalue weighted by atomic mass is 16.2. The molecule has 2 aliphatic rings. The third kappa shape index (κ3) is 2.58. The van der Waals surface area contributed by atoms with Crippen molar-refractivity contribution in [3.63, 3.8) is 0 Å². The number of benzene rings is 2. The monoisotopic (exact) mass is 320 g/mol. The number of aryl methyl sites for hydroxylation is 1. The predicted octanol–water partition coefficient (Wildman–Crippen LogP) is 3.09. The summed E-state index contributed by atoms with van der Waals surface area (Å²) in [5.41, 5.74) is 5.29. The third-order valence-corrected chi connectivity index (χ3v) is 4.90. The number of anilines is 2. The quantitative estimate of drug-likeness (QED) is 0.924. The first-order chi connectivity index (χ1) is 11.6. The van der Waals surface area contributed by atoms with Crippen LogP contribution >= 0.6 is 0 Å². The average Bonchev–Trinajstić information content (AvgIpc) is 2.90. The van der Waals surface area contributed by atoms with Gasteiger partial charge in [-0.2, -0.15) is 0 Å². The van der Waals surface area contributed by atoms with Gasteiger partial charge in [0.15, 0.2) is 0 Å². The molecule has 0 saturated carbocycles. The van der Waals surface area contributed by atoms with E-state index >= 15 is 0 Å². The Hall–Kier alpha value is -2.62. The maximum absolute atomic E-state index is 12.9. The van der Waals surface area contributed by atoms with Crippen molar-refractivity contribution in [2.24, 2.45) is 0 Å². The maximum atomic E-state index is 12.9. The maximum Gasteiger partial charge on any atom is 0.231 e. The van der Waals surface area contributed by atoms with E-state index in [4.69, 9.17) is 0 Å². The van der Waals surface area contributed by atoms with E-state index in [-0.39, 0.29) is 17.9 Å². The molecule has 2 aliphatic heterocycles. The van der Waals surface area contributed by atoms with Gasteiger partial charge in [0.05, 0.1) is 6.42 Å².